The Morgan fingerprint density at radius 3 is 2.62 bits per heavy atom. The second-order valence-corrected chi connectivity index (χ2v) is 4.18. The first-order valence-electron chi connectivity index (χ1n) is 4.63. The van der Waals surface area contributed by atoms with Gasteiger partial charge in [0.2, 0.25) is 0 Å². The van der Waals surface area contributed by atoms with Crippen LogP contribution >= 0.6 is 0 Å². The van der Waals surface area contributed by atoms with Crippen molar-refractivity contribution in [2.24, 2.45) is 10.2 Å². The van der Waals surface area contributed by atoms with Crippen molar-refractivity contribution in [2.45, 2.75) is 32.4 Å². The second-order valence-electron chi connectivity index (χ2n) is 4.18. The molecular formula is C9H13N3O4. The highest BCUT2D eigenvalue weighted by Gasteiger charge is 2.28. The van der Waals surface area contributed by atoms with Gasteiger partial charge in [0.1, 0.15) is 11.6 Å². The molecule has 0 saturated carbocycles. The molecule has 88 valence electrons. The van der Waals surface area contributed by atoms with E-state index in [4.69, 9.17) is 9.84 Å². The number of carboxylic acids is 1. The molecule has 0 spiro atoms. The molecule has 7 heteroatoms. The fourth-order valence-electron chi connectivity index (χ4n) is 1.01. The largest absolute Gasteiger partial charge is 0.477 e. The minimum Gasteiger partial charge on any atom is -0.477 e. The molecule has 2 N–H and O–H groups in total. The van der Waals surface area contributed by atoms with E-state index in [9.17, 15) is 9.59 Å². The smallest absolute Gasteiger partial charge is 0.408 e. The monoisotopic (exact) mass is 227 g/mol. The van der Waals surface area contributed by atoms with Crippen LogP contribution in [0.25, 0.3) is 0 Å². The fraction of sp³-hybridized carbons (Fsp3) is 0.556. The van der Waals surface area contributed by atoms with Crippen LogP contribution in [0.5, 0.6) is 0 Å². The van der Waals surface area contributed by atoms with Gasteiger partial charge in [0.15, 0.2) is 5.71 Å². The van der Waals surface area contributed by atoms with Gasteiger partial charge in [-0.25, -0.2) is 9.59 Å². The molecule has 0 fully saturated rings. The maximum Gasteiger partial charge on any atom is 0.408 e. The van der Waals surface area contributed by atoms with Crippen molar-refractivity contribution in [3.8, 4) is 0 Å². The number of carboxylic acid groups (broad SMARTS) is 1. The Hall–Kier alpha value is -1.92. The van der Waals surface area contributed by atoms with Crippen molar-refractivity contribution in [1.29, 1.82) is 0 Å². The van der Waals surface area contributed by atoms with Crippen molar-refractivity contribution in [3.05, 3.63) is 0 Å². The highest BCUT2D eigenvalue weighted by atomic mass is 16.6. The van der Waals surface area contributed by atoms with Crippen molar-refractivity contribution < 1.29 is 19.4 Å². The number of carbonyl (C=O) groups excluding carboxylic acids is 1. The molecule has 1 heterocycles. The Balaban J connectivity index is 2.56. The molecule has 0 aromatic rings. The van der Waals surface area contributed by atoms with Gasteiger partial charge in [-0.2, -0.15) is 5.10 Å². The zero-order chi connectivity index (χ0) is 12.3. The van der Waals surface area contributed by atoms with Gasteiger partial charge in [-0.1, -0.05) is 0 Å². The molecule has 1 aliphatic heterocycles. The highest BCUT2D eigenvalue weighted by Crippen LogP contribution is 2.07. The van der Waals surface area contributed by atoms with Gasteiger partial charge in [-0.05, 0) is 20.8 Å². The second kappa shape index (κ2) is 4.30. The summed E-state index contributed by atoms with van der Waals surface area (Å²) in [6, 6.07) is -0.840. The number of hydrogen-bond acceptors (Lipinski definition) is 5. The van der Waals surface area contributed by atoms with Gasteiger partial charge < -0.3 is 15.2 Å². The van der Waals surface area contributed by atoms with E-state index in [1.54, 1.807) is 20.8 Å². The topological polar surface area (TPSA) is 100 Å². The van der Waals surface area contributed by atoms with E-state index in [1.807, 2.05) is 0 Å². The van der Waals surface area contributed by atoms with Gasteiger partial charge in [-0.15, -0.1) is 5.10 Å². The van der Waals surface area contributed by atoms with Crippen molar-refractivity contribution >= 4 is 24.0 Å². The first-order chi connectivity index (χ1) is 7.29. The molecule has 1 atom stereocenters. The quantitative estimate of drug-likeness (QED) is 0.713. The lowest BCUT2D eigenvalue weighted by Crippen LogP contribution is -2.45. The van der Waals surface area contributed by atoms with E-state index in [0.717, 1.165) is 0 Å². The third-order valence-corrected chi connectivity index (χ3v) is 1.57. The average molecular weight is 227 g/mol. The summed E-state index contributed by atoms with van der Waals surface area (Å²) in [4.78, 5) is 22.0. The van der Waals surface area contributed by atoms with Crippen LogP contribution in [0.1, 0.15) is 20.8 Å². The Morgan fingerprint density at radius 1 is 1.50 bits per heavy atom. The lowest BCUT2D eigenvalue weighted by molar-refractivity contribution is -0.129. The Labute approximate surface area is 92.2 Å². The highest BCUT2D eigenvalue weighted by molar-refractivity contribution is 6.42. The van der Waals surface area contributed by atoms with Gasteiger partial charge in [-0.3, -0.25) is 0 Å². The van der Waals surface area contributed by atoms with Crippen LogP contribution in [-0.4, -0.2) is 40.7 Å². The molecule has 1 aliphatic rings. The molecule has 16 heavy (non-hydrogen) atoms. The van der Waals surface area contributed by atoms with Crippen LogP contribution in [0.4, 0.5) is 4.79 Å². The van der Waals surface area contributed by atoms with Crippen molar-refractivity contribution in [3.63, 3.8) is 0 Å². The Morgan fingerprint density at radius 2 is 2.12 bits per heavy atom. The molecule has 0 aromatic heterocycles. The van der Waals surface area contributed by atoms with E-state index in [-0.39, 0.29) is 5.71 Å². The molecule has 1 amide bonds. The van der Waals surface area contributed by atoms with E-state index in [0.29, 0.717) is 0 Å². The SMILES string of the molecule is CC(C)(C)OC(=O)N[C@@H]1C=NN=C1C(=O)O. The number of hydrogen-bond donors (Lipinski definition) is 2. The summed E-state index contributed by atoms with van der Waals surface area (Å²) in [5.41, 5.74) is -0.869. The third-order valence-electron chi connectivity index (χ3n) is 1.57. The minimum atomic E-state index is -1.22. The first kappa shape index (κ1) is 12.2. The number of ether oxygens (including phenoxy) is 1. The molecule has 0 saturated heterocycles. The molecule has 0 aliphatic carbocycles. The molecule has 0 bridgehead atoms. The molecule has 1 rings (SSSR count). The Bertz CT molecular complexity index is 367. The molecule has 0 unspecified atom stereocenters. The zero-order valence-corrected chi connectivity index (χ0v) is 9.22. The number of aliphatic carboxylic acids is 1. The van der Waals surface area contributed by atoms with Crippen LogP contribution in [-0.2, 0) is 9.53 Å². The zero-order valence-electron chi connectivity index (χ0n) is 9.22. The molecular weight excluding hydrogens is 214 g/mol. The van der Waals surface area contributed by atoms with Crippen LogP contribution in [0.3, 0.4) is 0 Å². The fourth-order valence-corrected chi connectivity index (χ4v) is 1.01. The van der Waals surface area contributed by atoms with Gasteiger partial charge in [0.05, 0.1) is 6.21 Å². The van der Waals surface area contributed by atoms with E-state index in [1.165, 1.54) is 6.21 Å². The summed E-state index contributed by atoms with van der Waals surface area (Å²) in [6.45, 7) is 5.13. The van der Waals surface area contributed by atoms with E-state index >= 15 is 0 Å². The minimum absolute atomic E-state index is 0.231. The van der Waals surface area contributed by atoms with E-state index < -0.39 is 23.7 Å². The Kier molecular flexibility index (Phi) is 3.26. The summed E-state index contributed by atoms with van der Waals surface area (Å²) >= 11 is 0. The summed E-state index contributed by atoms with van der Waals surface area (Å²) in [5.74, 6) is -1.22. The summed E-state index contributed by atoms with van der Waals surface area (Å²) in [5, 5.41) is 17.9. The van der Waals surface area contributed by atoms with Crippen LogP contribution < -0.4 is 5.32 Å². The van der Waals surface area contributed by atoms with Crippen LogP contribution in [0.15, 0.2) is 10.2 Å². The molecule has 7 nitrogen and oxygen atoms in total. The number of amides is 1. The number of alkyl carbamates (subject to hydrolysis) is 1. The van der Waals surface area contributed by atoms with E-state index in [2.05, 4.69) is 15.5 Å². The lowest BCUT2D eigenvalue weighted by atomic mass is 10.2. The van der Waals surface area contributed by atoms with Crippen LogP contribution in [0, 0.1) is 0 Å². The molecule has 0 radical (unpaired) electrons. The normalized spacial score (nSPS) is 19.2. The molecule has 0 aromatic carbocycles. The maximum atomic E-state index is 11.3. The summed E-state index contributed by atoms with van der Waals surface area (Å²) < 4.78 is 4.97. The maximum absolute atomic E-state index is 11.3. The number of carbonyl (C=O) groups is 2. The predicted molar refractivity (Wildman–Crippen MR) is 56.7 cm³/mol. The van der Waals surface area contributed by atoms with Crippen molar-refractivity contribution in [1.82, 2.24) is 5.32 Å². The number of rotatable bonds is 2. The summed E-state index contributed by atoms with van der Waals surface area (Å²) in [7, 11) is 0. The number of nitrogens with one attached hydrogen (secondary N) is 1. The first-order valence-corrected chi connectivity index (χ1v) is 4.63. The average Bonchev–Trinajstić information content (AvgIpc) is 2.47. The lowest BCUT2D eigenvalue weighted by Gasteiger charge is -2.20. The standard InChI is InChI=1S/C9H13N3O4/c1-9(2,3)16-8(15)11-5-4-10-12-6(5)7(13)14/h4-5H,1-3H3,(H,11,15)(H,13,14)/t5-/m1/s1. The van der Waals surface area contributed by atoms with Gasteiger partial charge in [0, 0.05) is 0 Å². The van der Waals surface area contributed by atoms with Gasteiger partial charge >= 0.3 is 12.1 Å². The summed E-state index contributed by atoms with van der Waals surface area (Å²) in [6.07, 6.45) is 0.521. The third kappa shape index (κ3) is 3.34. The predicted octanol–water partition coefficient (Wildman–Crippen LogP) is 0.405. The van der Waals surface area contributed by atoms with Crippen LogP contribution in [0.2, 0.25) is 0 Å². The number of nitrogens with zero attached hydrogens (tertiary/aromatic N) is 2. The van der Waals surface area contributed by atoms with Crippen molar-refractivity contribution in [2.75, 3.05) is 0 Å². The van der Waals surface area contributed by atoms with Gasteiger partial charge in [0.25, 0.3) is 0 Å².